The molecule has 8 nitrogen and oxygen atoms in total. The highest BCUT2D eigenvalue weighted by Gasteiger charge is 2.18. The van der Waals surface area contributed by atoms with Crippen molar-refractivity contribution in [1.29, 1.82) is 0 Å². The Hall–Kier alpha value is -4.07. The zero-order chi connectivity index (χ0) is 22.5. The van der Waals surface area contributed by atoms with Crippen molar-refractivity contribution < 1.29 is 14.3 Å². The number of ether oxygens (including phenoxy) is 1. The largest absolute Gasteiger partial charge is 0.454 e. The summed E-state index contributed by atoms with van der Waals surface area (Å²) in [6.07, 6.45) is 2.30. The van der Waals surface area contributed by atoms with Crippen LogP contribution >= 0.6 is 0 Å². The van der Waals surface area contributed by atoms with Crippen molar-refractivity contribution in [3.05, 3.63) is 95.1 Å². The van der Waals surface area contributed by atoms with Crippen LogP contribution in [0.4, 0.5) is 0 Å². The number of nitrogens with zero attached hydrogens (tertiary/aromatic N) is 5. The highest BCUT2D eigenvalue weighted by molar-refractivity contribution is 6.00. The normalized spacial score (nSPS) is 10.8. The van der Waals surface area contributed by atoms with Gasteiger partial charge < -0.3 is 9.30 Å². The molecule has 0 unspecified atom stereocenters. The standard InChI is InChI=1S/C24H23N5O3/c1-17-13-22(18(2)28(17)12-11-19-7-4-3-5-8-19)23(30)15-32-24(31)20-9-6-10-21(14-20)29-16-25-26-27-29/h3-10,13-14,16H,11-12,15H2,1-2H3. The number of tetrazole rings is 1. The van der Waals surface area contributed by atoms with Crippen LogP contribution in [-0.4, -0.2) is 43.1 Å². The lowest BCUT2D eigenvalue weighted by Gasteiger charge is -2.10. The Bertz CT molecular complexity index is 1230. The van der Waals surface area contributed by atoms with Gasteiger partial charge in [0.25, 0.3) is 0 Å². The van der Waals surface area contributed by atoms with Gasteiger partial charge in [0.15, 0.2) is 6.61 Å². The van der Waals surface area contributed by atoms with Crippen molar-refractivity contribution in [2.75, 3.05) is 6.61 Å². The van der Waals surface area contributed by atoms with Crippen molar-refractivity contribution in [2.45, 2.75) is 26.8 Å². The number of rotatable bonds is 8. The predicted octanol–water partition coefficient (Wildman–Crippen LogP) is 3.36. The zero-order valence-corrected chi connectivity index (χ0v) is 17.9. The summed E-state index contributed by atoms with van der Waals surface area (Å²) in [5.41, 5.74) is 4.63. The Balaban J connectivity index is 1.40. The van der Waals surface area contributed by atoms with E-state index in [-0.39, 0.29) is 12.4 Å². The van der Waals surface area contributed by atoms with Gasteiger partial charge in [0.2, 0.25) is 5.78 Å². The van der Waals surface area contributed by atoms with Crippen LogP contribution in [0.15, 0.2) is 67.0 Å². The fourth-order valence-electron chi connectivity index (χ4n) is 3.66. The molecule has 0 amide bonds. The summed E-state index contributed by atoms with van der Waals surface area (Å²) >= 11 is 0. The Morgan fingerprint density at radius 2 is 1.81 bits per heavy atom. The van der Waals surface area contributed by atoms with Crippen molar-refractivity contribution in [2.24, 2.45) is 0 Å². The van der Waals surface area contributed by atoms with Gasteiger partial charge in [-0.05, 0) is 60.5 Å². The highest BCUT2D eigenvalue weighted by atomic mass is 16.5. The molecule has 0 aliphatic carbocycles. The van der Waals surface area contributed by atoms with Crippen LogP contribution in [0, 0.1) is 13.8 Å². The van der Waals surface area contributed by atoms with E-state index >= 15 is 0 Å². The quantitative estimate of drug-likeness (QED) is 0.315. The second kappa shape index (κ2) is 9.38. The van der Waals surface area contributed by atoms with Crippen LogP contribution in [-0.2, 0) is 17.7 Å². The van der Waals surface area contributed by atoms with Crippen LogP contribution in [0.3, 0.4) is 0 Å². The molecule has 4 aromatic rings. The Morgan fingerprint density at radius 1 is 1.00 bits per heavy atom. The minimum absolute atomic E-state index is 0.228. The summed E-state index contributed by atoms with van der Waals surface area (Å²) in [7, 11) is 0. The second-order valence-corrected chi connectivity index (χ2v) is 7.48. The second-order valence-electron chi connectivity index (χ2n) is 7.48. The molecular weight excluding hydrogens is 406 g/mol. The maximum absolute atomic E-state index is 12.8. The summed E-state index contributed by atoms with van der Waals surface area (Å²) in [6, 6.07) is 18.8. The molecular formula is C24H23N5O3. The molecule has 0 aliphatic rings. The summed E-state index contributed by atoms with van der Waals surface area (Å²) in [6.45, 7) is 4.35. The van der Waals surface area contributed by atoms with Gasteiger partial charge in [0, 0.05) is 23.5 Å². The number of Topliss-reactive ketones (excluding diaryl/α,β-unsaturated/α-hetero) is 1. The van der Waals surface area contributed by atoms with Gasteiger partial charge in [-0.15, -0.1) is 5.10 Å². The van der Waals surface area contributed by atoms with Crippen molar-refractivity contribution in [3.63, 3.8) is 0 Å². The first-order valence-electron chi connectivity index (χ1n) is 10.3. The maximum Gasteiger partial charge on any atom is 0.338 e. The first-order valence-corrected chi connectivity index (χ1v) is 10.3. The lowest BCUT2D eigenvalue weighted by molar-refractivity contribution is 0.0474. The Kier molecular flexibility index (Phi) is 6.21. The Morgan fingerprint density at radius 3 is 2.56 bits per heavy atom. The first kappa shape index (κ1) is 21.2. The van der Waals surface area contributed by atoms with Gasteiger partial charge in [-0.3, -0.25) is 4.79 Å². The molecule has 4 rings (SSSR count). The van der Waals surface area contributed by atoms with Crippen molar-refractivity contribution >= 4 is 11.8 Å². The van der Waals surface area contributed by atoms with E-state index in [0.29, 0.717) is 16.8 Å². The molecule has 8 heteroatoms. The van der Waals surface area contributed by atoms with Crippen LogP contribution in [0.25, 0.3) is 5.69 Å². The van der Waals surface area contributed by atoms with Crippen molar-refractivity contribution in [1.82, 2.24) is 24.8 Å². The van der Waals surface area contributed by atoms with E-state index in [1.54, 1.807) is 24.3 Å². The molecule has 2 aromatic heterocycles. The SMILES string of the molecule is Cc1cc(C(=O)COC(=O)c2cccc(-n3cnnn3)c2)c(C)n1CCc1ccccc1. The smallest absolute Gasteiger partial charge is 0.338 e. The molecule has 0 saturated heterocycles. The number of aromatic nitrogens is 5. The molecule has 0 fully saturated rings. The van der Waals surface area contributed by atoms with E-state index in [2.05, 4.69) is 32.2 Å². The highest BCUT2D eigenvalue weighted by Crippen LogP contribution is 2.18. The van der Waals surface area contributed by atoms with E-state index in [0.717, 1.165) is 24.4 Å². The van der Waals surface area contributed by atoms with Crippen LogP contribution in [0.2, 0.25) is 0 Å². The van der Waals surface area contributed by atoms with E-state index in [1.807, 2.05) is 38.1 Å². The van der Waals surface area contributed by atoms with E-state index in [4.69, 9.17) is 4.74 Å². The fourth-order valence-corrected chi connectivity index (χ4v) is 3.66. The third-order valence-electron chi connectivity index (χ3n) is 5.37. The van der Waals surface area contributed by atoms with Crippen LogP contribution in [0.1, 0.15) is 37.7 Å². The third-order valence-corrected chi connectivity index (χ3v) is 5.37. The molecule has 0 bridgehead atoms. The molecule has 0 spiro atoms. The molecule has 0 N–H and O–H groups in total. The molecule has 0 radical (unpaired) electrons. The fraction of sp³-hybridized carbons (Fsp3) is 0.208. The average Bonchev–Trinajstić information content (AvgIpc) is 3.45. The van der Waals surface area contributed by atoms with Crippen LogP contribution in [0.5, 0.6) is 0 Å². The number of ketones is 1. The van der Waals surface area contributed by atoms with Gasteiger partial charge in [0.1, 0.15) is 6.33 Å². The Labute approximate surface area is 185 Å². The zero-order valence-electron chi connectivity index (χ0n) is 17.9. The topological polar surface area (TPSA) is 91.9 Å². The first-order chi connectivity index (χ1) is 15.5. The number of hydrogen-bond acceptors (Lipinski definition) is 6. The van der Waals surface area contributed by atoms with E-state index in [9.17, 15) is 9.59 Å². The number of esters is 1. The minimum Gasteiger partial charge on any atom is -0.454 e. The number of benzene rings is 2. The number of aryl methyl sites for hydroxylation is 2. The van der Waals surface area contributed by atoms with Gasteiger partial charge in [-0.1, -0.05) is 36.4 Å². The number of hydrogen-bond donors (Lipinski definition) is 0. The molecule has 32 heavy (non-hydrogen) atoms. The summed E-state index contributed by atoms with van der Waals surface area (Å²) in [5.74, 6) is -0.805. The predicted molar refractivity (Wildman–Crippen MR) is 118 cm³/mol. The van der Waals surface area contributed by atoms with Crippen LogP contribution < -0.4 is 0 Å². The van der Waals surface area contributed by atoms with Gasteiger partial charge in [0.05, 0.1) is 11.3 Å². The molecule has 162 valence electrons. The van der Waals surface area contributed by atoms with E-state index < -0.39 is 5.97 Å². The van der Waals surface area contributed by atoms with Gasteiger partial charge in [-0.2, -0.15) is 0 Å². The van der Waals surface area contributed by atoms with Crippen molar-refractivity contribution in [3.8, 4) is 5.69 Å². The number of carbonyl (C=O) groups is 2. The van der Waals surface area contributed by atoms with Gasteiger partial charge >= 0.3 is 5.97 Å². The molecule has 0 aliphatic heterocycles. The van der Waals surface area contributed by atoms with E-state index in [1.165, 1.54) is 16.6 Å². The minimum atomic E-state index is -0.578. The summed E-state index contributed by atoms with van der Waals surface area (Å²) in [4.78, 5) is 25.3. The summed E-state index contributed by atoms with van der Waals surface area (Å²) < 4.78 is 8.85. The summed E-state index contributed by atoms with van der Waals surface area (Å²) in [5, 5.41) is 11.0. The number of carbonyl (C=O) groups excluding carboxylic acids is 2. The monoisotopic (exact) mass is 429 g/mol. The third kappa shape index (κ3) is 4.64. The molecule has 0 atom stereocenters. The molecule has 0 saturated carbocycles. The lowest BCUT2D eigenvalue weighted by atomic mass is 10.1. The molecule has 2 aromatic carbocycles. The maximum atomic E-state index is 12.8. The average molecular weight is 429 g/mol. The lowest BCUT2D eigenvalue weighted by Crippen LogP contribution is -2.15. The molecule has 2 heterocycles. The van der Waals surface area contributed by atoms with Gasteiger partial charge in [-0.25, -0.2) is 9.48 Å².